The van der Waals surface area contributed by atoms with E-state index in [1.165, 1.54) is 11.3 Å². The number of ether oxygens (including phenoxy) is 1. The Hall–Kier alpha value is -1.55. The van der Waals surface area contributed by atoms with Gasteiger partial charge in [0.15, 0.2) is 0 Å². The van der Waals surface area contributed by atoms with Gasteiger partial charge in [0.2, 0.25) is 0 Å². The molecule has 1 N–H and O–H groups in total. The van der Waals surface area contributed by atoms with Crippen LogP contribution in [0.15, 0.2) is 28.4 Å². The molecule has 2 aromatic rings. The first-order chi connectivity index (χ1) is 8.41. The number of aromatic nitrogens is 1. The minimum absolute atomic E-state index is 0.00231. The SMILES string of the molecule is COc1ccc(-c2csc(=O)[nH]2)cc1C(C)(C)C. The second-order valence-electron chi connectivity index (χ2n) is 5.23. The number of benzene rings is 1. The average Bonchev–Trinajstić information content (AvgIpc) is 2.74. The highest BCUT2D eigenvalue weighted by Gasteiger charge is 2.19. The summed E-state index contributed by atoms with van der Waals surface area (Å²) in [7, 11) is 1.68. The van der Waals surface area contributed by atoms with Crippen LogP contribution in [0.1, 0.15) is 26.3 Å². The molecular weight excluding hydrogens is 246 g/mol. The number of nitrogens with one attached hydrogen (secondary N) is 1. The summed E-state index contributed by atoms with van der Waals surface area (Å²) in [5, 5.41) is 1.84. The summed E-state index contributed by atoms with van der Waals surface area (Å²) in [5.74, 6) is 0.879. The molecule has 0 aliphatic rings. The first-order valence-corrected chi connectivity index (χ1v) is 6.66. The third-order valence-corrected chi connectivity index (χ3v) is 3.51. The lowest BCUT2D eigenvalue weighted by atomic mass is 9.85. The topological polar surface area (TPSA) is 42.1 Å². The molecule has 0 spiro atoms. The number of rotatable bonds is 2. The van der Waals surface area contributed by atoms with Crippen molar-refractivity contribution in [3.63, 3.8) is 0 Å². The first-order valence-electron chi connectivity index (χ1n) is 5.78. The minimum Gasteiger partial charge on any atom is -0.496 e. The first kappa shape index (κ1) is 12.9. The van der Waals surface area contributed by atoms with Crippen LogP contribution in [0.4, 0.5) is 0 Å². The van der Waals surface area contributed by atoms with Crippen LogP contribution in [0.3, 0.4) is 0 Å². The van der Waals surface area contributed by atoms with E-state index in [9.17, 15) is 4.79 Å². The zero-order chi connectivity index (χ0) is 13.3. The molecule has 3 nitrogen and oxygen atoms in total. The highest BCUT2D eigenvalue weighted by atomic mass is 32.1. The number of methoxy groups -OCH3 is 1. The predicted octanol–water partition coefficient (Wildman–Crippen LogP) is 3.41. The molecule has 18 heavy (non-hydrogen) atoms. The predicted molar refractivity (Wildman–Crippen MR) is 75.6 cm³/mol. The van der Waals surface area contributed by atoms with Crippen LogP contribution in [0.5, 0.6) is 5.75 Å². The molecule has 0 amide bonds. The van der Waals surface area contributed by atoms with Crippen LogP contribution in [0.2, 0.25) is 0 Å². The summed E-state index contributed by atoms with van der Waals surface area (Å²) in [4.78, 5) is 14.0. The van der Waals surface area contributed by atoms with Crippen molar-refractivity contribution in [1.29, 1.82) is 0 Å². The summed E-state index contributed by atoms with van der Waals surface area (Å²) in [6.07, 6.45) is 0. The molecule has 96 valence electrons. The van der Waals surface area contributed by atoms with Gasteiger partial charge < -0.3 is 9.72 Å². The molecule has 0 fully saturated rings. The van der Waals surface area contributed by atoms with Crippen molar-refractivity contribution in [2.24, 2.45) is 0 Å². The second-order valence-corrected chi connectivity index (χ2v) is 6.07. The smallest absolute Gasteiger partial charge is 0.304 e. The average molecular weight is 263 g/mol. The zero-order valence-corrected chi connectivity index (χ0v) is 11.9. The number of hydrogen-bond acceptors (Lipinski definition) is 3. The molecular formula is C14H17NO2S. The van der Waals surface area contributed by atoms with Crippen molar-refractivity contribution in [1.82, 2.24) is 4.98 Å². The van der Waals surface area contributed by atoms with Crippen molar-refractivity contribution in [3.05, 3.63) is 38.8 Å². The van der Waals surface area contributed by atoms with Gasteiger partial charge in [0.05, 0.1) is 12.8 Å². The van der Waals surface area contributed by atoms with Gasteiger partial charge in [0.25, 0.3) is 0 Å². The third kappa shape index (κ3) is 2.48. The normalized spacial score (nSPS) is 11.6. The highest BCUT2D eigenvalue weighted by molar-refractivity contribution is 7.07. The van der Waals surface area contributed by atoms with E-state index < -0.39 is 0 Å². The Morgan fingerprint density at radius 1 is 1.28 bits per heavy atom. The third-order valence-electron chi connectivity index (χ3n) is 2.84. The summed E-state index contributed by atoms with van der Waals surface area (Å²) in [6.45, 7) is 6.43. The molecule has 0 bridgehead atoms. The van der Waals surface area contributed by atoms with Gasteiger partial charge in [-0.05, 0) is 29.2 Å². The number of aromatic amines is 1. The van der Waals surface area contributed by atoms with Gasteiger partial charge in [-0.2, -0.15) is 0 Å². The molecule has 1 aromatic carbocycles. The van der Waals surface area contributed by atoms with E-state index in [-0.39, 0.29) is 10.3 Å². The number of thiazole rings is 1. The second kappa shape index (κ2) is 4.61. The van der Waals surface area contributed by atoms with Crippen molar-refractivity contribution < 1.29 is 4.74 Å². The van der Waals surface area contributed by atoms with Gasteiger partial charge in [0, 0.05) is 10.9 Å². The Morgan fingerprint density at radius 3 is 2.50 bits per heavy atom. The fourth-order valence-electron chi connectivity index (χ4n) is 1.88. The summed E-state index contributed by atoms with van der Waals surface area (Å²) < 4.78 is 5.40. The zero-order valence-electron chi connectivity index (χ0n) is 11.0. The van der Waals surface area contributed by atoms with E-state index in [1.54, 1.807) is 7.11 Å². The Kier molecular flexibility index (Phi) is 3.30. The van der Waals surface area contributed by atoms with E-state index in [1.807, 2.05) is 17.5 Å². The van der Waals surface area contributed by atoms with Gasteiger partial charge >= 0.3 is 4.87 Å². The number of H-pyrrole nitrogens is 1. The molecule has 0 saturated carbocycles. The Labute approximate surface area is 110 Å². The quantitative estimate of drug-likeness (QED) is 0.902. The molecule has 0 atom stereocenters. The van der Waals surface area contributed by atoms with Crippen LogP contribution in [-0.4, -0.2) is 12.1 Å². The summed E-state index contributed by atoms with van der Waals surface area (Å²) >= 11 is 1.18. The lowest BCUT2D eigenvalue weighted by Gasteiger charge is -2.22. The molecule has 0 saturated heterocycles. The summed E-state index contributed by atoms with van der Waals surface area (Å²) in [5.41, 5.74) is 3.00. The molecule has 0 aliphatic heterocycles. The minimum atomic E-state index is -0.0295. The van der Waals surface area contributed by atoms with Crippen molar-refractivity contribution in [2.45, 2.75) is 26.2 Å². The molecule has 0 unspecified atom stereocenters. The van der Waals surface area contributed by atoms with Crippen molar-refractivity contribution in [2.75, 3.05) is 7.11 Å². The highest BCUT2D eigenvalue weighted by Crippen LogP contribution is 2.34. The maximum Gasteiger partial charge on any atom is 0.304 e. The van der Waals surface area contributed by atoms with Gasteiger partial charge in [-0.3, -0.25) is 4.79 Å². The lowest BCUT2D eigenvalue weighted by molar-refractivity contribution is 0.397. The van der Waals surface area contributed by atoms with Crippen molar-refractivity contribution >= 4 is 11.3 Å². The summed E-state index contributed by atoms with van der Waals surface area (Å²) in [6, 6.07) is 5.99. The fraction of sp³-hybridized carbons (Fsp3) is 0.357. The van der Waals surface area contributed by atoms with Crippen LogP contribution in [0, 0.1) is 0 Å². The van der Waals surface area contributed by atoms with Crippen LogP contribution < -0.4 is 9.61 Å². The van der Waals surface area contributed by atoms with E-state index in [0.717, 1.165) is 22.6 Å². The Bertz CT molecular complexity index is 605. The van der Waals surface area contributed by atoms with E-state index in [2.05, 4.69) is 31.8 Å². The lowest BCUT2D eigenvalue weighted by Crippen LogP contribution is -2.13. The molecule has 0 radical (unpaired) electrons. The van der Waals surface area contributed by atoms with Crippen LogP contribution in [0.25, 0.3) is 11.3 Å². The van der Waals surface area contributed by atoms with E-state index >= 15 is 0 Å². The van der Waals surface area contributed by atoms with E-state index in [0.29, 0.717) is 0 Å². The molecule has 1 heterocycles. The van der Waals surface area contributed by atoms with Gasteiger partial charge in [-0.15, -0.1) is 0 Å². The molecule has 2 rings (SSSR count). The van der Waals surface area contributed by atoms with E-state index in [4.69, 9.17) is 4.74 Å². The Morgan fingerprint density at radius 2 is 2.00 bits per heavy atom. The molecule has 1 aromatic heterocycles. The van der Waals surface area contributed by atoms with Crippen LogP contribution >= 0.6 is 11.3 Å². The maximum absolute atomic E-state index is 11.2. The fourth-order valence-corrected chi connectivity index (χ4v) is 2.47. The maximum atomic E-state index is 11.2. The van der Waals surface area contributed by atoms with Gasteiger partial charge in [-0.25, -0.2) is 0 Å². The van der Waals surface area contributed by atoms with Crippen molar-refractivity contribution in [3.8, 4) is 17.0 Å². The largest absolute Gasteiger partial charge is 0.496 e. The van der Waals surface area contributed by atoms with Crippen LogP contribution in [-0.2, 0) is 5.41 Å². The molecule has 0 aliphatic carbocycles. The number of hydrogen-bond donors (Lipinski definition) is 1. The Balaban J connectivity index is 2.56. The molecule has 4 heteroatoms. The monoisotopic (exact) mass is 263 g/mol. The van der Waals surface area contributed by atoms with Gasteiger partial charge in [-0.1, -0.05) is 32.1 Å². The van der Waals surface area contributed by atoms with Gasteiger partial charge in [0.1, 0.15) is 5.75 Å². The standard InChI is InChI=1S/C14H17NO2S/c1-14(2,3)10-7-9(5-6-12(10)17-4)11-8-18-13(16)15-11/h5-8H,1-4H3,(H,15,16).